The number of carbonyl (C=O) groups is 1. The number of hydrogen-bond acceptors (Lipinski definition) is 3. The van der Waals surface area contributed by atoms with E-state index in [2.05, 4.69) is 0 Å². The molecule has 1 aromatic carbocycles. The second-order valence-corrected chi connectivity index (χ2v) is 6.48. The maximum Gasteiger partial charge on any atom is 0.407 e. The van der Waals surface area contributed by atoms with E-state index in [-0.39, 0.29) is 6.04 Å². The minimum Gasteiger partial charge on any atom is -0.465 e. The first-order valence-corrected chi connectivity index (χ1v) is 7.53. The molecule has 1 amide bonds. The Balaban J connectivity index is 2.56. The summed E-state index contributed by atoms with van der Waals surface area (Å²) in [5.41, 5.74) is 1.54. The maximum atomic E-state index is 11.7. The van der Waals surface area contributed by atoms with Gasteiger partial charge in [-0.2, -0.15) is 0 Å². The van der Waals surface area contributed by atoms with Gasteiger partial charge in [-0.3, -0.25) is 0 Å². The van der Waals surface area contributed by atoms with Crippen molar-refractivity contribution in [2.24, 2.45) is 0 Å². The summed E-state index contributed by atoms with van der Waals surface area (Å²) in [4.78, 5) is 12.7. The van der Waals surface area contributed by atoms with Gasteiger partial charge in [0, 0.05) is 12.8 Å². The van der Waals surface area contributed by atoms with Crippen molar-refractivity contribution in [1.82, 2.24) is 4.90 Å². The maximum absolute atomic E-state index is 11.7. The first-order valence-electron chi connectivity index (χ1n) is 5.64. The van der Waals surface area contributed by atoms with Crippen molar-refractivity contribution >= 4 is 15.9 Å². The summed E-state index contributed by atoms with van der Waals surface area (Å²) in [6.07, 6.45) is 0.643. The highest BCUT2D eigenvalue weighted by atomic mass is 32.2. The number of fused-ring (bicyclic) bond motifs is 1. The highest BCUT2D eigenvalue weighted by Crippen LogP contribution is 2.33. The third-order valence-corrected chi connectivity index (χ3v) is 4.52. The van der Waals surface area contributed by atoms with Crippen LogP contribution in [0.3, 0.4) is 0 Å². The molecular weight excluding hydrogens is 254 g/mol. The fourth-order valence-corrected chi connectivity index (χ4v) is 3.44. The van der Waals surface area contributed by atoms with Gasteiger partial charge in [0.25, 0.3) is 0 Å². The predicted octanol–water partition coefficient (Wildman–Crippen LogP) is 1.69. The van der Waals surface area contributed by atoms with Crippen molar-refractivity contribution in [2.75, 3.05) is 12.8 Å². The third kappa shape index (κ3) is 2.08. The van der Waals surface area contributed by atoms with Gasteiger partial charge in [0.2, 0.25) is 0 Å². The van der Waals surface area contributed by atoms with E-state index >= 15 is 0 Å². The van der Waals surface area contributed by atoms with E-state index in [9.17, 15) is 13.2 Å². The van der Waals surface area contributed by atoms with Crippen molar-refractivity contribution in [3.8, 4) is 0 Å². The summed E-state index contributed by atoms with van der Waals surface area (Å²) >= 11 is 0. The minimum absolute atomic E-state index is 0.312. The second-order valence-electron chi connectivity index (χ2n) is 4.50. The number of amides is 1. The molecule has 1 atom stereocenters. The average molecular weight is 269 g/mol. The monoisotopic (exact) mass is 269 g/mol. The van der Waals surface area contributed by atoms with Crippen LogP contribution in [0.15, 0.2) is 23.1 Å². The molecule has 1 N–H and O–H groups in total. The number of nitrogens with zero attached hydrogens (tertiary/aromatic N) is 1. The molecule has 0 radical (unpaired) electrons. The van der Waals surface area contributed by atoms with Crippen LogP contribution in [0.1, 0.15) is 24.1 Å². The van der Waals surface area contributed by atoms with Crippen LogP contribution >= 0.6 is 0 Å². The second kappa shape index (κ2) is 4.28. The van der Waals surface area contributed by atoms with Crippen molar-refractivity contribution in [1.29, 1.82) is 0 Å². The average Bonchev–Trinajstić information content (AvgIpc) is 2.27. The summed E-state index contributed by atoms with van der Waals surface area (Å²) in [7, 11) is -3.27. The van der Waals surface area contributed by atoms with Crippen LogP contribution < -0.4 is 0 Å². The molecule has 1 aliphatic rings. The van der Waals surface area contributed by atoms with Gasteiger partial charge in [0.05, 0.1) is 10.9 Å². The first-order chi connectivity index (χ1) is 8.32. The highest BCUT2D eigenvalue weighted by Gasteiger charge is 2.30. The van der Waals surface area contributed by atoms with E-state index in [0.29, 0.717) is 17.9 Å². The Labute approximate surface area is 106 Å². The largest absolute Gasteiger partial charge is 0.465 e. The van der Waals surface area contributed by atoms with Crippen LogP contribution in [0.2, 0.25) is 0 Å². The fraction of sp³-hybridized carbons (Fsp3) is 0.417. The Morgan fingerprint density at radius 2 is 2.11 bits per heavy atom. The van der Waals surface area contributed by atoms with Crippen LogP contribution in [0.25, 0.3) is 0 Å². The van der Waals surface area contributed by atoms with Crippen LogP contribution in [0, 0.1) is 0 Å². The predicted molar refractivity (Wildman–Crippen MR) is 66.4 cm³/mol. The van der Waals surface area contributed by atoms with Crippen LogP contribution in [-0.4, -0.2) is 37.3 Å². The van der Waals surface area contributed by atoms with Crippen LogP contribution in [-0.2, 0) is 16.3 Å². The summed E-state index contributed by atoms with van der Waals surface area (Å²) in [6.45, 7) is 2.11. The molecule has 1 heterocycles. The Bertz CT molecular complexity index is 594. The normalized spacial score (nSPS) is 19.4. The molecule has 1 aliphatic heterocycles. The number of rotatable bonds is 1. The molecular formula is C12H15NO4S. The molecule has 6 heteroatoms. The lowest BCUT2D eigenvalue weighted by atomic mass is 9.94. The van der Waals surface area contributed by atoms with E-state index in [1.54, 1.807) is 25.1 Å². The van der Waals surface area contributed by atoms with Gasteiger partial charge in [-0.05, 0) is 30.5 Å². The lowest BCUT2D eigenvalue weighted by Gasteiger charge is -2.33. The van der Waals surface area contributed by atoms with E-state index in [0.717, 1.165) is 11.1 Å². The molecule has 0 saturated carbocycles. The molecule has 0 bridgehead atoms. The van der Waals surface area contributed by atoms with E-state index in [1.165, 1.54) is 11.2 Å². The molecule has 0 fully saturated rings. The van der Waals surface area contributed by atoms with Gasteiger partial charge >= 0.3 is 6.09 Å². The van der Waals surface area contributed by atoms with Gasteiger partial charge in [-0.15, -0.1) is 0 Å². The topological polar surface area (TPSA) is 74.7 Å². The van der Waals surface area contributed by atoms with Gasteiger partial charge < -0.3 is 10.0 Å². The Morgan fingerprint density at radius 3 is 2.67 bits per heavy atom. The molecule has 18 heavy (non-hydrogen) atoms. The van der Waals surface area contributed by atoms with Gasteiger partial charge in [0.1, 0.15) is 0 Å². The van der Waals surface area contributed by atoms with Crippen molar-refractivity contribution in [3.63, 3.8) is 0 Å². The number of hydrogen-bond donors (Lipinski definition) is 1. The van der Waals surface area contributed by atoms with Crippen molar-refractivity contribution < 1.29 is 18.3 Å². The number of carboxylic acid groups (broad SMARTS) is 1. The molecule has 0 aliphatic carbocycles. The van der Waals surface area contributed by atoms with Crippen LogP contribution in [0.4, 0.5) is 4.79 Å². The molecule has 5 nitrogen and oxygen atoms in total. The smallest absolute Gasteiger partial charge is 0.407 e. The molecule has 98 valence electrons. The van der Waals surface area contributed by atoms with Crippen molar-refractivity contribution in [2.45, 2.75) is 24.3 Å². The van der Waals surface area contributed by atoms with Gasteiger partial charge in [0.15, 0.2) is 9.84 Å². The Hall–Kier alpha value is -1.56. The fourth-order valence-electron chi connectivity index (χ4n) is 2.44. The van der Waals surface area contributed by atoms with Crippen LogP contribution in [0.5, 0.6) is 0 Å². The molecule has 0 unspecified atom stereocenters. The van der Waals surface area contributed by atoms with E-state index in [1.807, 2.05) is 0 Å². The molecule has 0 spiro atoms. The Kier molecular flexibility index (Phi) is 3.06. The molecule has 0 saturated heterocycles. The van der Waals surface area contributed by atoms with E-state index in [4.69, 9.17) is 5.11 Å². The van der Waals surface area contributed by atoms with Crippen molar-refractivity contribution in [3.05, 3.63) is 29.3 Å². The molecule has 0 aromatic heterocycles. The SMILES string of the molecule is C[C@H]1c2cccc(S(C)(=O)=O)c2CCN1C(=O)O. The molecule has 2 rings (SSSR count). The summed E-state index contributed by atoms with van der Waals surface area (Å²) in [6, 6.07) is 4.73. The summed E-state index contributed by atoms with van der Waals surface area (Å²) < 4.78 is 23.4. The lowest BCUT2D eigenvalue weighted by Crippen LogP contribution is -2.38. The minimum atomic E-state index is -3.27. The van der Waals surface area contributed by atoms with Gasteiger partial charge in [-0.1, -0.05) is 12.1 Å². The zero-order valence-corrected chi connectivity index (χ0v) is 11.1. The van der Waals surface area contributed by atoms with Gasteiger partial charge in [-0.25, -0.2) is 13.2 Å². The highest BCUT2D eigenvalue weighted by molar-refractivity contribution is 7.90. The summed E-state index contributed by atoms with van der Waals surface area (Å²) in [5, 5.41) is 9.07. The quantitative estimate of drug-likeness (QED) is 0.841. The zero-order valence-electron chi connectivity index (χ0n) is 10.3. The van der Waals surface area contributed by atoms with E-state index < -0.39 is 15.9 Å². The number of sulfone groups is 1. The summed E-state index contributed by atoms with van der Waals surface area (Å²) in [5.74, 6) is 0. The Morgan fingerprint density at radius 1 is 1.44 bits per heavy atom. The third-order valence-electron chi connectivity index (χ3n) is 3.33. The zero-order chi connectivity index (χ0) is 13.5. The number of benzene rings is 1. The molecule has 1 aromatic rings. The standard InChI is InChI=1S/C12H15NO4S/c1-8-9-4-3-5-11(18(2,16)17)10(9)6-7-13(8)12(14)15/h3-5,8H,6-7H2,1-2H3,(H,14,15)/t8-/m0/s1. The first kappa shape index (κ1) is 12.9. The lowest BCUT2D eigenvalue weighted by molar-refractivity contribution is 0.124.